The number of hydrogen-bond acceptors (Lipinski definition) is 10. The lowest BCUT2D eigenvalue weighted by molar-refractivity contribution is -0.384. The van der Waals surface area contributed by atoms with Crippen LogP contribution in [0.25, 0.3) is 0 Å². The van der Waals surface area contributed by atoms with Gasteiger partial charge in [-0.3, -0.25) is 15.1 Å². The number of hydrogen-bond donors (Lipinski definition) is 5. The van der Waals surface area contributed by atoms with Gasteiger partial charge in [-0.1, -0.05) is 0 Å². The molecule has 1 aromatic rings. The summed E-state index contributed by atoms with van der Waals surface area (Å²) in [5.74, 6) is 0. The van der Waals surface area contributed by atoms with Gasteiger partial charge in [0, 0.05) is 18.3 Å². The highest BCUT2D eigenvalue weighted by Gasteiger charge is 2.43. The maximum Gasteiger partial charge on any atom is 0.269 e. The fraction of sp³-hybridized carbons (Fsp3) is 0.429. The summed E-state index contributed by atoms with van der Waals surface area (Å²) in [4.78, 5) is 10.2. The molecule has 11 nitrogen and oxygen atoms in total. The van der Waals surface area contributed by atoms with E-state index in [0.717, 1.165) is 0 Å². The van der Waals surface area contributed by atoms with E-state index >= 15 is 0 Å². The molecule has 0 bridgehead atoms. The van der Waals surface area contributed by atoms with E-state index in [2.05, 4.69) is 11.0 Å². The number of nitro groups is 1. The van der Waals surface area contributed by atoms with Gasteiger partial charge in [-0.05, 0) is 12.1 Å². The van der Waals surface area contributed by atoms with Crippen LogP contribution in [0.15, 0.2) is 36.2 Å². The summed E-state index contributed by atoms with van der Waals surface area (Å²) in [5.41, 5.74) is 6.95. The Morgan fingerprint density at radius 3 is 2.60 bits per heavy atom. The normalized spacial score (nSPS) is 28.8. The largest absolute Gasteiger partial charge is 0.394 e. The van der Waals surface area contributed by atoms with Gasteiger partial charge in [0.1, 0.15) is 18.3 Å². The third-order valence-corrected chi connectivity index (χ3v) is 3.86. The summed E-state index contributed by atoms with van der Waals surface area (Å²) in [5, 5.41) is 40.7. The highest BCUT2D eigenvalue weighted by molar-refractivity contribution is 5.53. The molecule has 0 saturated carbocycles. The van der Waals surface area contributed by atoms with Crippen LogP contribution in [0.4, 0.5) is 11.4 Å². The molecule has 1 fully saturated rings. The minimum atomic E-state index is -1.25. The number of hydrazine groups is 2. The molecule has 25 heavy (non-hydrogen) atoms. The SMILES string of the molecule is O=[N+]([O-])c1ccc(N2C=C(COC3OC(CO)C(O)C3O)NN2)cc1. The second kappa shape index (κ2) is 7.31. The number of rotatable bonds is 6. The van der Waals surface area contributed by atoms with E-state index in [0.29, 0.717) is 11.4 Å². The van der Waals surface area contributed by atoms with Crippen molar-refractivity contribution in [3.8, 4) is 0 Å². The highest BCUT2D eigenvalue weighted by Crippen LogP contribution is 2.23. The topological polar surface area (TPSA) is 150 Å². The molecule has 0 aromatic heterocycles. The zero-order valence-electron chi connectivity index (χ0n) is 13.0. The van der Waals surface area contributed by atoms with Gasteiger partial charge in [0.05, 0.1) is 29.5 Å². The van der Waals surface area contributed by atoms with Crippen LogP contribution in [-0.2, 0) is 9.47 Å². The first kappa shape index (κ1) is 17.5. The van der Waals surface area contributed by atoms with Crippen LogP contribution in [0.5, 0.6) is 0 Å². The molecule has 2 aliphatic rings. The Morgan fingerprint density at radius 2 is 2.00 bits per heavy atom. The van der Waals surface area contributed by atoms with Crippen LogP contribution < -0.4 is 16.0 Å². The van der Waals surface area contributed by atoms with E-state index in [9.17, 15) is 20.3 Å². The second-order valence-corrected chi connectivity index (χ2v) is 5.55. The Hall–Kier alpha value is -2.28. The van der Waals surface area contributed by atoms with E-state index in [1.165, 1.54) is 12.1 Å². The third-order valence-electron chi connectivity index (χ3n) is 3.86. The Balaban J connectivity index is 1.56. The van der Waals surface area contributed by atoms with Crippen molar-refractivity contribution in [2.45, 2.75) is 24.6 Å². The predicted molar refractivity (Wildman–Crippen MR) is 83.6 cm³/mol. The lowest BCUT2D eigenvalue weighted by Gasteiger charge is -2.15. The first-order valence-electron chi connectivity index (χ1n) is 7.49. The van der Waals surface area contributed by atoms with Gasteiger partial charge < -0.3 is 30.2 Å². The van der Waals surface area contributed by atoms with Crippen molar-refractivity contribution in [2.24, 2.45) is 0 Å². The second-order valence-electron chi connectivity index (χ2n) is 5.55. The third kappa shape index (κ3) is 3.71. The minimum Gasteiger partial charge on any atom is -0.394 e. The standard InChI is InChI=1S/C14H18N4O7/c19-6-11-12(20)13(21)14(25-11)24-7-8-5-17(16-15-8)9-1-3-10(4-2-9)18(22)23/h1-5,11-16,19-21H,6-7H2. The number of nitro benzene ring substituents is 1. The molecule has 1 aromatic carbocycles. The maximum atomic E-state index is 10.7. The smallest absolute Gasteiger partial charge is 0.269 e. The zero-order chi connectivity index (χ0) is 18.0. The average molecular weight is 354 g/mol. The van der Waals surface area contributed by atoms with Crippen molar-refractivity contribution in [1.82, 2.24) is 11.0 Å². The monoisotopic (exact) mass is 354 g/mol. The molecule has 3 rings (SSSR count). The summed E-state index contributed by atoms with van der Waals surface area (Å²) >= 11 is 0. The highest BCUT2D eigenvalue weighted by atomic mass is 16.7. The van der Waals surface area contributed by atoms with E-state index in [1.54, 1.807) is 23.3 Å². The fourth-order valence-corrected chi connectivity index (χ4v) is 2.47. The van der Waals surface area contributed by atoms with E-state index in [4.69, 9.17) is 14.6 Å². The fourth-order valence-electron chi connectivity index (χ4n) is 2.47. The van der Waals surface area contributed by atoms with E-state index in [-0.39, 0.29) is 12.3 Å². The van der Waals surface area contributed by atoms with Crippen LogP contribution in [0.2, 0.25) is 0 Å². The summed E-state index contributed by atoms with van der Waals surface area (Å²) in [6.45, 7) is -0.377. The number of non-ortho nitro benzene ring substituents is 1. The summed E-state index contributed by atoms with van der Waals surface area (Å²) in [7, 11) is 0. The molecule has 5 N–H and O–H groups in total. The zero-order valence-corrected chi connectivity index (χ0v) is 13.0. The number of aliphatic hydroxyl groups excluding tert-OH is 3. The van der Waals surface area contributed by atoms with Crippen molar-refractivity contribution in [1.29, 1.82) is 0 Å². The Kier molecular flexibility index (Phi) is 5.13. The number of benzene rings is 1. The number of nitrogens with zero attached hydrogens (tertiary/aromatic N) is 2. The number of ether oxygens (including phenoxy) is 2. The minimum absolute atomic E-state index is 0.00666. The van der Waals surface area contributed by atoms with Crippen molar-refractivity contribution in [3.05, 3.63) is 46.3 Å². The summed E-state index contributed by atoms with van der Waals surface area (Å²) in [6.07, 6.45) is -2.74. The van der Waals surface area contributed by atoms with Gasteiger partial charge in [0.25, 0.3) is 5.69 Å². The van der Waals surface area contributed by atoms with Crippen LogP contribution in [0, 0.1) is 10.1 Å². The van der Waals surface area contributed by atoms with E-state index < -0.39 is 36.1 Å². The van der Waals surface area contributed by atoms with Crippen molar-refractivity contribution in [3.63, 3.8) is 0 Å². The molecular formula is C14H18N4O7. The summed E-state index contributed by atoms with van der Waals surface area (Å²) < 4.78 is 10.6. The molecule has 0 radical (unpaired) electrons. The molecule has 2 heterocycles. The first-order valence-corrected chi connectivity index (χ1v) is 7.49. The van der Waals surface area contributed by atoms with Crippen LogP contribution >= 0.6 is 0 Å². The Bertz CT molecular complexity index is 653. The Labute approximate surface area is 142 Å². The molecule has 136 valence electrons. The first-order chi connectivity index (χ1) is 12.0. The Morgan fingerprint density at radius 1 is 1.28 bits per heavy atom. The lowest BCUT2D eigenvalue weighted by Crippen LogP contribution is -2.37. The van der Waals surface area contributed by atoms with Gasteiger partial charge in [0.15, 0.2) is 6.29 Å². The molecule has 4 unspecified atom stereocenters. The molecular weight excluding hydrogens is 336 g/mol. The van der Waals surface area contributed by atoms with Crippen molar-refractivity contribution in [2.75, 3.05) is 18.2 Å². The van der Waals surface area contributed by atoms with Gasteiger partial charge in [-0.2, -0.15) is 0 Å². The van der Waals surface area contributed by atoms with Gasteiger partial charge >= 0.3 is 0 Å². The number of anilines is 1. The molecule has 0 spiro atoms. The van der Waals surface area contributed by atoms with Crippen molar-refractivity contribution >= 4 is 11.4 Å². The maximum absolute atomic E-state index is 10.7. The van der Waals surface area contributed by atoms with Gasteiger partial charge in [0.2, 0.25) is 0 Å². The number of nitrogens with one attached hydrogen (secondary N) is 2. The molecule has 4 atom stereocenters. The molecule has 1 saturated heterocycles. The quantitative estimate of drug-likeness (QED) is 0.309. The predicted octanol–water partition coefficient (Wildman–Crippen LogP) is -1.28. The number of aliphatic hydroxyl groups is 3. The van der Waals surface area contributed by atoms with Crippen LogP contribution in [-0.4, -0.2) is 58.1 Å². The van der Waals surface area contributed by atoms with Crippen molar-refractivity contribution < 1.29 is 29.7 Å². The summed E-state index contributed by atoms with van der Waals surface area (Å²) in [6, 6.07) is 5.94. The molecule has 2 aliphatic heterocycles. The molecule has 11 heteroatoms. The van der Waals surface area contributed by atoms with Gasteiger partial charge in [-0.15, -0.1) is 5.53 Å². The lowest BCUT2D eigenvalue weighted by atomic mass is 10.1. The van der Waals surface area contributed by atoms with Gasteiger partial charge in [-0.25, -0.2) is 0 Å². The molecule has 0 amide bonds. The van der Waals surface area contributed by atoms with E-state index in [1.807, 2.05) is 0 Å². The molecule has 0 aliphatic carbocycles. The van der Waals surface area contributed by atoms with Crippen LogP contribution in [0.3, 0.4) is 0 Å². The van der Waals surface area contributed by atoms with Crippen LogP contribution in [0.1, 0.15) is 0 Å². The average Bonchev–Trinajstić information content (AvgIpc) is 3.19.